The summed E-state index contributed by atoms with van der Waals surface area (Å²) in [5, 5.41) is 0.904. The number of aromatic amines is 1. The molecule has 4 nitrogen and oxygen atoms in total. The van der Waals surface area contributed by atoms with E-state index in [1.165, 1.54) is 6.26 Å². The zero-order chi connectivity index (χ0) is 10.3. The summed E-state index contributed by atoms with van der Waals surface area (Å²) in [6.45, 7) is 0. The van der Waals surface area contributed by atoms with Crippen LogP contribution in [-0.2, 0) is 10.8 Å². The highest BCUT2D eigenvalue weighted by atomic mass is 35.5. The molecule has 2 heterocycles. The van der Waals surface area contributed by atoms with Crippen molar-refractivity contribution in [3.05, 3.63) is 16.2 Å². The van der Waals surface area contributed by atoms with Crippen LogP contribution in [0.5, 0.6) is 0 Å². The van der Waals surface area contributed by atoms with Crippen molar-refractivity contribution in [3.8, 4) is 0 Å². The van der Waals surface area contributed by atoms with Gasteiger partial charge in [0.15, 0.2) is 10.8 Å². The minimum atomic E-state index is -1.17. The first-order valence-corrected chi connectivity index (χ1v) is 5.94. The number of hydrogen-bond donors (Lipinski definition) is 1. The van der Waals surface area contributed by atoms with Crippen LogP contribution in [-0.4, -0.2) is 25.4 Å². The van der Waals surface area contributed by atoms with Crippen LogP contribution in [0.2, 0.25) is 10.2 Å². The Bertz CT molecular complexity index is 486. The molecule has 2 rings (SSSR count). The van der Waals surface area contributed by atoms with Gasteiger partial charge in [-0.2, -0.15) is 0 Å². The number of nitrogens with zero attached hydrogens (tertiary/aromatic N) is 2. The molecule has 0 aliphatic carbocycles. The standard InChI is InChI=1S/C7H5Cl2N3OS/c1-14(13)7-10-4-2-3(8)5(9)11-6(4)12-7/h2H,1H3,(H,10,11,12). The SMILES string of the molecule is CS(=O)c1nc2nc(Cl)c(Cl)cc2[nH]1. The lowest BCUT2D eigenvalue weighted by molar-refractivity contribution is 0.682. The van der Waals surface area contributed by atoms with Gasteiger partial charge in [-0.3, -0.25) is 4.21 Å². The molecule has 1 N–H and O–H groups in total. The third-order valence-corrected chi connectivity index (χ3v) is 3.05. The van der Waals surface area contributed by atoms with E-state index in [0.717, 1.165) is 0 Å². The lowest BCUT2D eigenvalue weighted by Crippen LogP contribution is -1.88. The monoisotopic (exact) mass is 249 g/mol. The number of imidazole rings is 1. The van der Waals surface area contributed by atoms with E-state index in [9.17, 15) is 4.21 Å². The Balaban J connectivity index is 2.72. The van der Waals surface area contributed by atoms with Gasteiger partial charge in [0.1, 0.15) is 5.15 Å². The van der Waals surface area contributed by atoms with Gasteiger partial charge in [-0.1, -0.05) is 23.2 Å². The highest BCUT2D eigenvalue weighted by Gasteiger charge is 2.09. The third-order valence-electron chi connectivity index (χ3n) is 1.63. The first kappa shape index (κ1) is 9.89. The number of nitrogens with one attached hydrogen (secondary N) is 1. The van der Waals surface area contributed by atoms with Crippen molar-refractivity contribution in [2.75, 3.05) is 6.26 Å². The van der Waals surface area contributed by atoms with Crippen LogP contribution in [0.15, 0.2) is 11.2 Å². The first-order valence-electron chi connectivity index (χ1n) is 3.63. The largest absolute Gasteiger partial charge is 0.329 e. The fourth-order valence-electron chi connectivity index (χ4n) is 1.01. The number of halogens is 2. The van der Waals surface area contributed by atoms with Crippen molar-refractivity contribution in [1.29, 1.82) is 0 Å². The maximum atomic E-state index is 11.1. The molecule has 14 heavy (non-hydrogen) atoms. The second-order valence-corrected chi connectivity index (χ2v) is 4.69. The van der Waals surface area contributed by atoms with E-state index in [0.29, 0.717) is 21.3 Å². The van der Waals surface area contributed by atoms with Crippen molar-refractivity contribution in [2.45, 2.75) is 5.16 Å². The molecule has 0 aromatic carbocycles. The first-order chi connectivity index (χ1) is 6.58. The van der Waals surface area contributed by atoms with Crippen molar-refractivity contribution >= 4 is 45.2 Å². The molecule has 0 spiro atoms. The van der Waals surface area contributed by atoms with Crippen LogP contribution in [0, 0.1) is 0 Å². The van der Waals surface area contributed by atoms with E-state index in [1.54, 1.807) is 6.07 Å². The molecule has 1 unspecified atom stereocenters. The predicted molar refractivity (Wildman–Crippen MR) is 56.2 cm³/mol. The molecule has 0 radical (unpaired) electrons. The normalized spacial score (nSPS) is 13.4. The van der Waals surface area contributed by atoms with E-state index < -0.39 is 10.8 Å². The fourth-order valence-corrected chi connectivity index (χ4v) is 1.76. The van der Waals surface area contributed by atoms with Crippen LogP contribution in [0.25, 0.3) is 11.2 Å². The van der Waals surface area contributed by atoms with Gasteiger partial charge in [0.25, 0.3) is 0 Å². The van der Waals surface area contributed by atoms with E-state index in [4.69, 9.17) is 23.2 Å². The predicted octanol–water partition coefficient (Wildman–Crippen LogP) is 2.00. The maximum absolute atomic E-state index is 11.1. The molecule has 0 saturated carbocycles. The van der Waals surface area contributed by atoms with Crippen LogP contribution >= 0.6 is 23.2 Å². The molecule has 0 amide bonds. The smallest absolute Gasteiger partial charge is 0.198 e. The van der Waals surface area contributed by atoms with E-state index in [2.05, 4.69) is 15.0 Å². The molecule has 2 aromatic rings. The van der Waals surface area contributed by atoms with Gasteiger partial charge in [0.2, 0.25) is 0 Å². The Morgan fingerprint density at radius 2 is 2.14 bits per heavy atom. The molecule has 1 atom stereocenters. The zero-order valence-electron chi connectivity index (χ0n) is 7.04. The van der Waals surface area contributed by atoms with Crippen LogP contribution in [0.1, 0.15) is 0 Å². The molecule has 0 fully saturated rings. The lowest BCUT2D eigenvalue weighted by Gasteiger charge is -1.91. The second kappa shape index (κ2) is 3.49. The summed E-state index contributed by atoms with van der Waals surface area (Å²) in [6.07, 6.45) is 1.53. The van der Waals surface area contributed by atoms with Gasteiger partial charge in [-0.15, -0.1) is 0 Å². The van der Waals surface area contributed by atoms with E-state index in [1.807, 2.05) is 0 Å². The van der Waals surface area contributed by atoms with Gasteiger partial charge in [0.05, 0.1) is 21.3 Å². The van der Waals surface area contributed by atoms with Gasteiger partial charge in [0, 0.05) is 6.26 Å². The number of pyridine rings is 1. The van der Waals surface area contributed by atoms with Crippen molar-refractivity contribution in [2.24, 2.45) is 0 Å². The summed E-state index contributed by atoms with van der Waals surface area (Å²) in [7, 11) is -1.17. The number of H-pyrrole nitrogens is 1. The Labute approximate surface area is 92.1 Å². The van der Waals surface area contributed by atoms with Gasteiger partial charge in [-0.25, -0.2) is 9.97 Å². The Hall–Kier alpha value is -0.650. The summed E-state index contributed by atoms with van der Waals surface area (Å²) in [5.41, 5.74) is 1.05. The summed E-state index contributed by atoms with van der Waals surface area (Å²) in [6, 6.07) is 1.61. The Morgan fingerprint density at radius 1 is 1.43 bits per heavy atom. The van der Waals surface area contributed by atoms with Crippen molar-refractivity contribution in [3.63, 3.8) is 0 Å². The maximum Gasteiger partial charge on any atom is 0.198 e. The van der Waals surface area contributed by atoms with Gasteiger partial charge in [-0.05, 0) is 6.07 Å². The Morgan fingerprint density at radius 3 is 2.79 bits per heavy atom. The minimum Gasteiger partial charge on any atom is -0.329 e. The van der Waals surface area contributed by atoms with E-state index >= 15 is 0 Å². The number of hydrogen-bond acceptors (Lipinski definition) is 3. The summed E-state index contributed by atoms with van der Waals surface area (Å²) < 4.78 is 11.1. The number of rotatable bonds is 1. The Kier molecular flexibility index (Phi) is 2.47. The fraction of sp³-hybridized carbons (Fsp3) is 0.143. The number of aromatic nitrogens is 3. The lowest BCUT2D eigenvalue weighted by atomic mass is 10.4. The van der Waals surface area contributed by atoms with Crippen molar-refractivity contribution in [1.82, 2.24) is 15.0 Å². The molecule has 74 valence electrons. The molecule has 2 aromatic heterocycles. The third kappa shape index (κ3) is 1.63. The molecule has 0 aliphatic heterocycles. The summed E-state index contributed by atoms with van der Waals surface area (Å²) in [5.74, 6) is 0. The summed E-state index contributed by atoms with van der Waals surface area (Å²) in [4.78, 5) is 10.8. The molecule has 7 heteroatoms. The van der Waals surface area contributed by atoms with Crippen LogP contribution in [0.3, 0.4) is 0 Å². The molecular formula is C7H5Cl2N3OS. The molecule has 0 saturated heterocycles. The highest BCUT2D eigenvalue weighted by Crippen LogP contribution is 2.23. The molecule has 0 bridgehead atoms. The van der Waals surface area contributed by atoms with Crippen molar-refractivity contribution < 1.29 is 4.21 Å². The number of fused-ring (bicyclic) bond motifs is 1. The second-order valence-electron chi connectivity index (χ2n) is 2.63. The quantitative estimate of drug-likeness (QED) is 0.787. The topological polar surface area (TPSA) is 58.6 Å². The highest BCUT2D eigenvalue weighted by molar-refractivity contribution is 7.84. The summed E-state index contributed by atoms with van der Waals surface area (Å²) >= 11 is 11.5. The van der Waals surface area contributed by atoms with Crippen LogP contribution < -0.4 is 0 Å². The average Bonchev–Trinajstić information content (AvgIpc) is 2.48. The zero-order valence-corrected chi connectivity index (χ0v) is 9.37. The average molecular weight is 250 g/mol. The van der Waals surface area contributed by atoms with E-state index in [-0.39, 0.29) is 5.15 Å². The molecule has 0 aliphatic rings. The van der Waals surface area contributed by atoms with Gasteiger partial charge >= 0.3 is 0 Å². The van der Waals surface area contributed by atoms with Gasteiger partial charge < -0.3 is 4.98 Å². The van der Waals surface area contributed by atoms with Crippen LogP contribution in [0.4, 0.5) is 0 Å². The molecular weight excluding hydrogens is 245 g/mol. The minimum absolute atomic E-state index is 0.194.